The van der Waals surface area contributed by atoms with Crippen LogP contribution >= 0.6 is 0 Å². The van der Waals surface area contributed by atoms with Crippen LogP contribution in [-0.2, 0) is 23.9 Å². The maximum absolute atomic E-state index is 14.0. The molecule has 2 amide bonds. The van der Waals surface area contributed by atoms with Gasteiger partial charge < -0.3 is 41.7 Å². The van der Waals surface area contributed by atoms with Crippen LogP contribution in [0.15, 0.2) is 0 Å². The van der Waals surface area contributed by atoms with Gasteiger partial charge in [-0.2, -0.15) is 0 Å². The molecule has 7 atom stereocenters. The Bertz CT molecular complexity index is 1060. The van der Waals surface area contributed by atoms with Crippen LogP contribution in [0.5, 0.6) is 0 Å². The van der Waals surface area contributed by atoms with Gasteiger partial charge >= 0.3 is 0 Å². The zero-order valence-electron chi connectivity index (χ0n) is 33.6. The third-order valence-corrected chi connectivity index (χ3v) is 10.7. The number of nitrogens with one attached hydrogen (secondary N) is 1. The molecular weight excluding hydrogens is 678 g/mol. The molecule has 13 heteroatoms. The summed E-state index contributed by atoms with van der Waals surface area (Å²) in [6, 6.07) is -1.03. The average Bonchev–Trinajstić information content (AvgIpc) is 3.12. The van der Waals surface area contributed by atoms with E-state index in [4.69, 9.17) is 21.9 Å². The van der Waals surface area contributed by atoms with E-state index in [9.17, 15) is 34.5 Å². The SMILES string of the molecule is CCCCCCCCCCCCCCN(C(=O)CCCCCCCCCCC)[C@]1(N)O[C@H](CO)[C@@H](O)[C@H](O)[C@H]1C(=O)CNC(=O)[C@](C)(N)C(=O)[C@H](C)N. The van der Waals surface area contributed by atoms with E-state index in [0.29, 0.717) is 12.8 Å². The minimum absolute atomic E-state index is 0.130. The lowest BCUT2D eigenvalue weighted by molar-refractivity contribution is -0.291. The fourth-order valence-electron chi connectivity index (χ4n) is 7.22. The predicted molar refractivity (Wildman–Crippen MR) is 208 cm³/mol. The van der Waals surface area contributed by atoms with Crippen LogP contribution in [0, 0.1) is 5.92 Å². The maximum Gasteiger partial charge on any atom is 0.247 e. The van der Waals surface area contributed by atoms with E-state index in [2.05, 4.69) is 19.2 Å². The van der Waals surface area contributed by atoms with E-state index >= 15 is 0 Å². The maximum atomic E-state index is 14.0. The summed E-state index contributed by atoms with van der Waals surface area (Å²) in [6.07, 6.45) is 18.1. The van der Waals surface area contributed by atoms with Crippen molar-refractivity contribution in [3.63, 3.8) is 0 Å². The molecule has 0 aromatic carbocycles. The largest absolute Gasteiger partial charge is 0.394 e. The van der Waals surface area contributed by atoms with Crippen molar-refractivity contribution in [2.24, 2.45) is 23.1 Å². The number of unbranched alkanes of at least 4 members (excludes halogenated alkanes) is 19. The molecule has 1 fully saturated rings. The fraction of sp³-hybridized carbons (Fsp3) is 0.900. The lowest BCUT2D eigenvalue weighted by Gasteiger charge is -2.52. The van der Waals surface area contributed by atoms with E-state index in [1.165, 1.54) is 89.4 Å². The zero-order valence-corrected chi connectivity index (χ0v) is 33.6. The van der Waals surface area contributed by atoms with E-state index in [1.807, 2.05) is 0 Å². The first-order chi connectivity index (χ1) is 25.2. The lowest BCUT2D eigenvalue weighted by atomic mass is 9.82. The van der Waals surface area contributed by atoms with Crippen molar-refractivity contribution in [3.05, 3.63) is 0 Å². The summed E-state index contributed by atoms with van der Waals surface area (Å²) in [5.74, 6) is -6.85. The molecule has 10 N–H and O–H groups in total. The van der Waals surface area contributed by atoms with Crippen molar-refractivity contribution in [2.45, 2.75) is 205 Å². The molecule has 0 saturated carbocycles. The number of amides is 2. The van der Waals surface area contributed by atoms with Gasteiger partial charge in [0.2, 0.25) is 17.7 Å². The highest BCUT2D eigenvalue weighted by atomic mass is 16.6. The molecule has 0 aliphatic carbocycles. The Labute approximate surface area is 319 Å². The van der Waals surface area contributed by atoms with Gasteiger partial charge in [-0.15, -0.1) is 0 Å². The van der Waals surface area contributed by atoms with Crippen LogP contribution in [0.2, 0.25) is 0 Å². The van der Waals surface area contributed by atoms with E-state index < -0.39 is 72.3 Å². The number of carbonyl (C=O) groups is 4. The molecule has 310 valence electrons. The Morgan fingerprint density at radius 1 is 0.774 bits per heavy atom. The Balaban J connectivity index is 3.09. The number of aliphatic hydroxyl groups is 3. The summed E-state index contributed by atoms with van der Waals surface area (Å²) in [6.45, 7) is 5.66. The Morgan fingerprint density at radius 3 is 1.64 bits per heavy atom. The Hall–Kier alpha value is -2.00. The Morgan fingerprint density at radius 2 is 1.21 bits per heavy atom. The van der Waals surface area contributed by atoms with Crippen molar-refractivity contribution in [3.8, 4) is 0 Å². The van der Waals surface area contributed by atoms with Gasteiger partial charge in [0.05, 0.1) is 25.3 Å². The molecule has 1 saturated heterocycles. The molecule has 13 nitrogen and oxygen atoms in total. The average molecular weight is 756 g/mol. The topological polar surface area (TPSA) is 232 Å². The van der Waals surface area contributed by atoms with Crippen molar-refractivity contribution in [1.82, 2.24) is 10.2 Å². The summed E-state index contributed by atoms with van der Waals surface area (Å²) >= 11 is 0. The molecule has 0 unspecified atom stereocenters. The molecule has 0 spiro atoms. The number of nitrogens with zero attached hydrogens (tertiary/aromatic N) is 1. The van der Waals surface area contributed by atoms with Crippen LogP contribution in [0.25, 0.3) is 0 Å². The molecular formula is C40H77N5O8. The number of hydrogen-bond donors (Lipinski definition) is 7. The smallest absolute Gasteiger partial charge is 0.247 e. The Kier molecular flexibility index (Phi) is 24.7. The first-order valence-electron chi connectivity index (χ1n) is 20.8. The number of carbonyl (C=O) groups excluding carboxylic acids is 4. The normalized spacial score (nSPS) is 23.3. The number of rotatable bonds is 31. The van der Waals surface area contributed by atoms with Gasteiger partial charge in [-0.05, 0) is 26.7 Å². The highest BCUT2D eigenvalue weighted by molar-refractivity contribution is 6.12. The summed E-state index contributed by atoms with van der Waals surface area (Å²) in [5, 5.41) is 34.5. The minimum atomic E-state index is -2.24. The molecule has 1 rings (SSSR count). The van der Waals surface area contributed by atoms with E-state index in [0.717, 1.165) is 51.4 Å². The molecule has 1 aliphatic rings. The van der Waals surface area contributed by atoms with Gasteiger partial charge in [0.1, 0.15) is 18.1 Å². The minimum Gasteiger partial charge on any atom is -0.394 e. The van der Waals surface area contributed by atoms with Gasteiger partial charge in [-0.3, -0.25) is 24.9 Å². The summed E-state index contributed by atoms with van der Waals surface area (Å²) < 4.78 is 6.01. The second kappa shape index (κ2) is 26.7. The highest BCUT2D eigenvalue weighted by Gasteiger charge is 2.58. The van der Waals surface area contributed by atoms with Crippen molar-refractivity contribution >= 4 is 23.4 Å². The number of Topliss-reactive ketones (excluding diaryl/α,β-unsaturated/α-hetero) is 2. The predicted octanol–water partition coefficient (Wildman–Crippen LogP) is 4.10. The fourth-order valence-corrected chi connectivity index (χ4v) is 7.22. The number of aliphatic hydroxyl groups excluding tert-OH is 3. The second-order valence-electron chi connectivity index (χ2n) is 15.6. The lowest BCUT2D eigenvalue weighted by Crippen LogP contribution is -2.76. The second-order valence-corrected chi connectivity index (χ2v) is 15.6. The highest BCUT2D eigenvalue weighted by Crippen LogP contribution is 2.36. The van der Waals surface area contributed by atoms with E-state index in [1.54, 1.807) is 0 Å². The monoisotopic (exact) mass is 756 g/mol. The number of hydrogen-bond acceptors (Lipinski definition) is 11. The summed E-state index contributed by atoms with van der Waals surface area (Å²) in [4.78, 5) is 54.5. The van der Waals surface area contributed by atoms with Gasteiger partial charge in [0.25, 0.3) is 0 Å². The van der Waals surface area contributed by atoms with Crippen molar-refractivity contribution in [1.29, 1.82) is 0 Å². The quantitative estimate of drug-likeness (QED) is 0.0303. The van der Waals surface area contributed by atoms with Crippen molar-refractivity contribution < 1.29 is 39.2 Å². The number of ether oxygens (including phenoxy) is 1. The molecule has 1 aliphatic heterocycles. The molecule has 0 aromatic heterocycles. The molecule has 0 bridgehead atoms. The van der Waals surface area contributed by atoms with Crippen LogP contribution < -0.4 is 22.5 Å². The molecule has 53 heavy (non-hydrogen) atoms. The summed E-state index contributed by atoms with van der Waals surface area (Å²) in [7, 11) is 0. The van der Waals surface area contributed by atoms with Gasteiger partial charge in [-0.25, -0.2) is 0 Å². The van der Waals surface area contributed by atoms with Crippen LogP contribution in [-0.4, -0.2) is 99.0 Å². The van der Waals surface area contributed by atoms with Crippen LogP contribution in [0.3, 0.4) is 0 Å². The van der Waals surface area contributed by atoms with Crippen molar-refractivity contribution in [2.75, 3.05) is 19.7 Å². The third kappa shape index (κ3) is 16.7. The van der Waals surface area contributed by atoms with Crippen LogP contribution in [0.1, 0.15) is 169 Å². The molecule has 0 radical (unpaired) electrons. The number of nitrogens with two attached hydrogens (primary N) is 3. The first-order valence-corrected chi connectivity index (χ1v) is 20.8. The standard InChI is InChI=1S/C40H77N5O8/c1-5-7-9-11-13-15-16-17-19-21-23-25-27-45(33(48)26-24-22-20-18-14-12-10-8-6-2)40(43)34(36(50)35(49)32(29-46)53-40)31(47)28-44-38(52)39(4,42)37(51)30(3)41/h30,32,34-36,46,49-50H,5-29,41-43H2,1-4H3,(H,44,52)/t30-,32+,34+,35+,36+,39+,40-/m0/s1. The third-order valence-electron chi connectivity index (χ3n) is 10.7. The molecule has 1 heterocycles. The zero-order chi connectivity index (χ0) is 39.9. The molecule has 0 aromatic rings. The van der Waals surface area contributed by atoms with Gasteiger partial charge in [-0.1, -0.05) is 136 Å². The number of ketones is 2. The first kappa shape index (κ1) is 49.0. The van der Waals surface area contributed by atoms with Gasteiger partial charge in [0, 0.05) is 13.0 Å². The van der Waals surface area contributed by atoms with Crippen LogP contribution in [0.4, 0.5) is 0 Å². The summed E-state index contributed by atoms with van der Waals surface area (Å²) in [5.41, 5.74) is 16.4. The van der Waals surface area contributed by atoms with E-state index in [-0.39, 0.29) is 18.9 Å². The van der Waals surface area contributed by atoms with Gasteiger partial charge in [0.15, 0.2) is 17.1 Å².